The second-order valence-electron chi connectivity index (χ2n) is 11.2. The Balaban J connectivity index is 1.82. The molecule has 4 atom stereocenters. The Kier molecular flexibility index (Phi) is 12.7. The Hall–Kier alpha value is -4.25. The van der Waals surface area contributed by atoms with E-state index >= 15 is 0 Å². The quantitative estimate of drug-likeness (QED) is 0.303. The summed E-state index contributed by atoms with van der Waals surface area (Å²) in [5, 5.41) is 21.0. The van der Waals surface area contributed by atoms with Crippen LogP contribution in [0.1, 0.15) is 44.7 Å². The minimum absolute atomic E-state index is 0.00609. The van der Waals surface area contributed by atoms with E-state index in [9.17, 15) is 29.1 Å². The van der Waals surface area contributed by atoms with Gasteiger partial charge in [0.2, 0.25) is 29.5 Å². The summed E-state index contributed by atoms with van der Waals surface area (Å²) >= 11 is 0. The van der Waals surface area contributed by atoms with Crippen molar-refractivity contribution in [1.82, 2.24) is 26.2 Å². The minimum atomic E-state index is -1.30. The molecule has 11 heteroatoms. The van der Waals surface area contributed by atoms with Gasteiger partial charge in [0.1, 0.15) is 18.1 Å². The predicted molar refractivity (Wildman–Crippen MR) is 161 cm³/mol. The van der Waals surface area contributed by atoms with Crippen LogP contribution in [-0.4, -0.2) is 83.4 Å². The van der Waals surface area contributed by atoms with Crippen LogP contribution >= 0.6 is 0 Å². The highest BCUT2D eigenvalue weighted by Crippen LogP contribution is 2.10. The lowest BCUT2D eigenvalue weighted by atomic mass is 10.0. The monoisotopic (exact) mass is 593 g/mol. The number of nitrogens with one attached hydrogen (secondary N) is 4. The van der Waals surface area contributed by atoms with Gasteiger partial charge >= 0.3 is 0 Å². The molecule has 1 aliphatic heterocycles. The van der Waals surface area contributed by atoms with Crippen LogP contribution in [0.4, 0.5) is 0 Å². The molecule has 0 spiro atoms. The van der Waals surface area contributed by atoms with Gasteiger partial charge in [-0.3, -0.25) is 24.0 Å². The van der Waals surface area contributed by atoms with E-state index in [1.54, 1.807) is 38.1 Å². The molecule has 1 heterocycles. The Bertz CT molecular complexity index is 1240. The Morgan fingerprint density at radius 3 is 2.07 bits per heavy atom. The second-order valence-corrected chi connectivity index (χ2v) is 11.2. The average Bonchev–Trinajstić information content (AvgIpc) is 2.98. The number of rotatable bonds is 8. The Labute approximate surface area is 252 Å². The highest BCUT2D eigenvalue weighted by atomic mass is 16.3. The van der Waals surface area contributed by atoms with E-state index in [1.165, 1.54) is 11.8 Å². The fraction of sp³-hybridized carbons (Fsp3) is 0.469. The van der Waals surface area contributed by atoms with Crippen LogP contribution in [0.2, 0.25) is 0 Å². The van der Waals surface area contributed by atoms with Crippen molar-refractivity contribution >= 4 is 29.5 Å². The summed E-state index contributed by atoms with van der Waals surface area (Å²) in [4.78, 5) is 67.5. The third-order valence-electron chi connectivity index (χ3n) is 7.31. The van der Waals surface area contributed by atoms with Crippen LogP contribution in [0.3, 0.4) is 0 Å². The van der Waals surface area contributed by atoms with Gasteiger partial charge in [-0.05, 0) is 36.8 Å². The normalized spacial score (nSPS) is 21.5. The lowest BCUT2D eigenvalue weighted by molar-refractivity contribution is -0.137. The molecule has 1 saturated heterocycles. The standard InChI is InChI=1S/C32H43N5O6/c1-21(2)28-32(43)34-25(19-24-13-8-5-9-14-24)30(41)36-29(22(3)38)31(42)33-17-18-37(20-26(39)35-28)27(40)16-10-15-23-11-6-4-7-12-23/h4-9,11-14,21-22,25,28-29,38H,10,15-20H2,1-3H3,(H,33,42)(H,34,43)(H,35,39)(H,36,41)/t22-,25+,28-,29+/m1/s1. The van der Waals surface area contributed by atoms with Gasteiger partial charge in [0.05, 0.1) is 12.6 Å². The van der Waals surface area contributed by atoms with Gasteiger partial charge in [0.15, 0.2) is 0 Å². The predicted octanol–water partition coefficient (Wildman–Crippen LogP) is 0.702. The average molecular weight is 594 g/mol. The molecule has 0 aliphatic carbocycles. The van der Waals surface area contributed by atoms with Crippen molar-refractivity contribution in [3.8, 4) is 0 Å². The highest BCUT2D eigenvalue weighted by Gasteiger charge is 2.33. The largest absolute Gasteiger partial charge is 0.391 e. The molecule has 232 valence electrons. The van der Waals surface area contributed by atoms with E-state index < -0.39 is 47.9 Å². The Morgan fingerprint density at radius 1 is 0.837 bits per heavy atom. The molecular formula is C32H43N5O6. The second kappa shape index (κ2) is 16.4. The molecule has 1 aliphatic rings. The molecule has 11 nitrogen and oxygen atoms in total. The van der Waals surface area contributed by atoms with Gasteiger partial charge in [0.25, 0.3) is 0 Å². The topological polar surface area (TPSA) is 157 Å². The Morgan fingerprint density at radius 2 is 1.47 bits per heavy atom. The van der Waals surface area contributed by atoms with Gasteiger partial charge in [0, 0.05) is 25.9 Å². The first-order valence-corrected chi connectivity index (χ1v) is 14.8. The van der Waals surface area contributed by atoms with Crippen LogP contribution < -0.4 is 21.3 Å². The van der Waals surface area contributed by atoms with Crippen LogP contribution in [0, 0.1) is 5.92 Å². The molecule has 3 rings (SSSR count). The number of aliphatic hydroxyl groups is 1. The first-order valence-electron chi connectivity index (χ1n) is 14.8. The third kappa shape index (κ3) is 10.5. The summed E-state index contributed by atoms with van der Waals surface area (Å²) in [6, 6.07) is 15.4. The van der Waals surface area contributed by atoms with E-state index in [0.717, 1.165) is 11.1 Å². The molecule has 43 heavy (non-hydrogen) atoms. The summed E-state index contributed by atoms with van der Waals surface area (Å²) < 4.78 is 0. The van der Waals surface area contributed by atoms with E-state index in [2.05, 4.69) is 21.3 Å². The molecule has 2 aromatic rings. The van der Waals surface area contributed by atoms with Gasteiger partial charge < -0.3 is 31.3 Å². The molecular weight excluding hydrogens is 550 g/mol. The highest BCUT2D eigenvalue weighted by molar-refractivity contribution is 5.95. The van der Waals surface area contributed by atoms with E-state index in [4.69, 9.17) is 0 Å². The van der Waals surface area contributed by atoms with E-state index in [1.807, 2.05) is 36.4 Å². The first kappa shape index (κ1) is 33.3. The molecule has 0 aromatic heterocycles. The maximum absolute atomic E-state index is 13.4. The number of nitrogens with zero attached hydrogens (tertiary/aromatic N) is 1. The van der Waals surface area contributed by atoms with Crippen molar-refractivity contribution in [2.45, 2.75) is 70.7 Å². The molecule has 0 bridgehead atoms. The maximum Gasteiger partial charge on any atom is 0.245 e. The molecule has 5 N–H and O–H groups in total. The number of hydrogen-bond acceptors (Lipinski definition) is 6. The zero-order valence-electron chi connectivity index (χ0n) is 25.0. The molecule has 2 aromatic carbocycles. The number of benzene rings is 2. The van der Waals surface area contributed by atoms with Gasteiger partial charge in [-0.15, -0.1) is 0 Å². The number of aliphatic hydroxyl groups excluding tert-OH is 1. The zero-order valence-corrected chi connectivity index (χ0v) is 25.0. The molecule has 0 radical (unpaired) electrons. The number of aryl methyl sites for hydroxylation is 1. The van der Waals surface area contributed by atoms with Crippen molar-refractivity contribution in [1.29, 1.82) is 0 Å². The van der Waals surface area contributed by atoms with E-state index in [0.29, 0.717) is 12.8 Å². The summed E-state index contributed by atoms with van der Waals surface area (Å²) in [7, 11) is 0. The lowest BCUT2D eigenvalue weighted by Crippen LogP contribution is -2.60. The van der Waals surface area contributed by atoms with Crippen LogP contribution in [0.15, 0.2) is 60.7 Å². The fourth-order valence-electron chi connectivity index (χ4n) is 4.87. The summed E-state index contributed by atoms with van der Waals surface area (Å²) in [5.74, 6) is -3.01. The number of amides is 5. The molecule has 0 saturated carbocycles. The number of carbonyl (C=O) groups is 5. The molecule has 0 unspecified atom stereocenters. The minimum Gasteiger partial charge on any atom is -0.391 e. The summed E-state index contributed by atoms with van der Waals surface area (Å²) in [6.07, 6.45) is 0.339. The van der Waals surface area contributed by atoms with Crippen LogP contribution in [0.25, 0.3) is 0 Å². The van der Waals surface area contributed by atoms with Crippen LogP contribution in [0.5, 0.6) is 0 Å². The first-order chi connectivity index (χ1) is 20.5. The third-order valence-corrected chi connectivity index (χ3v) is 7.31. The summed E-state index contributed by atoms with van der Waals surface area (Å²) in [6.45, 7) is 4.63. The number of hydrogen-bond donors (Lipinski definition) is 5. The zero-order chi connectivity index (χ0) is 31.4. The lowest BCUT2D eigenvalue weighted by Gasteiger charge is -2.27. The smallest absolute Gasteiger partial charge is 0.245 e. The number of carbonyl (C=O) groups excluding carboxylic acids is 5. The van der Waals surface area contributed by atoms with Crippen molar-refractivity contribution in [3.05, 3.63) is 71.8 Å². The fourth-order valence-corrected chi connectivity index (χ4v) is 4.87. The van der Waals surface area contributed by atoms with Crippen LogP contribution in [-0.2, 0) is 36.8 Å². The van der Waals surface area contributed by atoms with E-state index in [-0.39, 0.29) is 44.3 Å². The van der Waals surface area contributed by atoms with Gasteiger partial charge in [-0.25, -0.2) is 0 Å². The SMILES string of the molecule is CC(C)[C@H]1NC(=O)CN(C(=O)CCCc2ccccc2)CCNC(=O)[C@H]([C@@H](C)O)NC(=O)[C@H](Cc2ccccc2)NC1=O. The van der Waals surface area contributed by atoms with Gasteiger partial charge in [-0.2, -0.15) is 0 Å². The van der Waals surface area contributed by atoms with Crippen molar-refractivity contribution in [2.75, 3.05) is 19.6 Å². The van der Waals surface area contributed by atoms with Crippen molar-refractivity contribution < 1.29 is 29.1 Å². The van der Waals surface area contributed by atoms with Gasteiger partial charge in [-0.1, -0.05) is 74.5 Å². The summed E-state index contributed by atoms with van der Waals surface area (Å²) in [5.41, 5.74) is 1.87. The maximum atomic E-state index is 13.4. The van der Waals surface area contributed by atoms with Crippen molar-refractivity contribution in [3.63, 3.8) is 0 Å². The molecule has 1 fully saturated rings. The van der Waals surface area contributed by atoms with Crippen molar-refractivity contribution in [2.24, 2.45) is 5.92 Å². The molecule has 5 amide bonds.